The molecule has 4 aliphatic rings. The van der Waals surface area contributed by atoms with E-state index in [0.717, 1.165) is 0 Å². The van der Waals surface area contributed by atoms with E-state index in [9.17, 15) is 62.3 Å². The van der Waals surface area contributed by atoms with Crippen molar-refractivity contribution in [3.8, 4) is 11.5 Å². The Hall–Kier alpha value is -9.67. The smallest absolute Gasteiger partial charge is 0.261 e. The summed E-state index contributed by atoms with van der Waals surface area (Å²) in [6.07, 6.45) is 8.86. The van der Waals surface area contributed by atoms with E-state index in [-0.39, 0.29) is 110 Å². The lowest BCUT2D eigenvalue weighted by molar-refractivity contribution is -0.122. The van der Waals surface area contributed by atoms with Gasteiger partial charge < -0.3 is 67.8 Å². The van der Waals surface area contributed by atoms with Crippen LogP contribution in [-0.2, 0) is 57.1 Å². The number of Topliss-reactive ketones (excluding diaryl/α,β-unsaturated/α-hetero) is 3. The molecule has 5 aromatic carbocycles. The van der Waals surface area contributed by atoms with E-state index in [4.69, 9.17) is 47.4 Å². The molecule has 0 spiro atoms. The first-order valence-corrected chi connectivity index (χ1v) is 41.7. The fraction of sp³-hybridized carbons (Fsp3) is 0.557. The lowest BCUT2D eigenvalue weighted by Crippen LogP contribution is -2.45. The highest BCUT2D eigenvalue weighted by molar-refractivity contribution is 6.35. The highest BCUT2D eigenvalue weighted by Crippen LogP contribution is 2.40. The predicted molar refractivity (Wildman–Crippen MR) is 440 cm³/mol. The van der Waals surface area contributed by atoms with E-state index in [1.165, 1.54) is 19.6 Å². The first-order valence-electron chi connectivity index (χ1n) is 41.7. The van der Waals surface area contributed by atoms with Gasteiger partial charge in [0, 0.05) is 182 Å². The number of hydrogen-bond acceptors (Lipinski definition) is 25. The normalized spacial score (nSPS) is 13.7. The van der Waals surface area contributed by atoms with Gasteiger partial charge in [-0.15, -0.1) is 0 Å². The van der Waals surface area contributed by atoms with Gasteiger partial charge in [-0.1, -0.05) is 12.8 Å². The maximum Gasteiger partial charge on any atom is 0.261 e. The van der Waals surface area contributed by atoms with Crippen molar-refractivity contribution in [3.63, 3.8) is 0 Å². The van der Waals surface area contributed by atoms with Gasteiger partial charge in [0.2, 0.25) is 5.91 Å². The van der Waals surface area contributed by atoms with Crippen LogP contribution in [0.2, 0.25) is 0 Å². The molecule has 0 aromatic heterocycles. The molecule has 0 aliphatic carbocycles. The fourth-order valence-electron chi connectivity index (χ4n) is 14.2. The molecular weight excluding hydrogens is 1540 g/mol. The second-order valence-electron chi connectivity index (χ2n) is 30.1. The molecular formula is C88H116N8O23. The number of nitrogens with zero attached hydrogens (tertiary/aromatic N) is 6. The van der Waals surface area contributed by atoms with Crippen LogP contribution < -0.4 is 20.1 Å². The maximum absolute atomic E-state index is 13.6. The van der Waals surface area contributed by atoms with E-state index in [1.807, 2.05) is 44.9 Å². The summed E-state index contributed by atoms with van der Waals surface area (Å²) in [6, 6.07) is 17.6. The second kappa shape index (κ2) is 49.2. The third kappa shape index (κ3) is 27.4. The summed E-state index contributed by atoms with van der Waals surface area (Å²) in [4.78, 5) is 180. The number of nitrogens with one attached hydrogen (secondary N) is 2. The minimum Gasteiger partial charge on any atom is -0.493 e. The summed E-state index contributed by atoms with van der Waals surface area (Å²) in [7, 11) is 7.41. The minimum absolute atomic E-state index is 0.0783. The van der Waals surface area contributed by atoms with Crippen LogP contribution in [0.4, 0.5) is 0 Å². The summed E-state index contributed by atoms with van der Waals surface area (Å²) < 4.78 is 56.7. The number of rotatable bonds is 63. The minimum atomic E-state index is -0.479. The lowest BCUT2D eigenvalue weighted by atomic mass is 9.86. The van der Waals surface area contributed by atoms with Crippen molar-refractivity contribution in [1.82, 2.24) is 40.0 Å². The number of unbranched alkanes of at least 4 members (excludes halogenated alkanes) is 6. The van der Waals surface area contributed by atoms with Gasteiger partial charge in [-0.05, 0) is 154 Å². The van der Waals surface area contributed by atoms with E-state index in [2.05, 4.69) is 10.6 Å². The van der Waals surface area contributed by atoms with Gasteiger partial charge >= 0.3 is 0 Å². The molecule has 119 heavy (non-hydrogen) atoms. The molecule has 0 unspecified atom stereocenters. The van der Waals surface area contributed by atoms with Gasteiger partial charge in [0.1, 0.15) is 28.8 Å². The number of amides is 10. The summed E-state index contributed by atoms with van der Waals surface area (Å²) in [5, 5.41) is 7.03. The first-order chi connectivity index (χ1) is 57.7. The van der Waals surface area contributed by atoms with Crippen LogP contribution in [0.15, 0.2) is 66.7 Å². The van der Waals surface area contributed by atoms with Crippen molar-refractivity contribution in [3.05, 3.63) is 117 Å². The largest absolute Gasteiger partial charge is 0.493 e. The Kier molecular flexibility index (Phi) is 38.5. The van der Waals surface area contributed by atoms with Gasteiger partial charge in [0.15, 0.2) is 0 Å². The molecule has 5 aromatic rings. The monoisotopic (exact) mass is 1650 g/mol. The number of ketones is 3. The van der Waals surface area contributed by atoms with Crippen molar-refractivity contribution in [2.75, 3.05) is 199 Å². The van der Waals surface area contributed by atoms with Crippen molar-refractivity contribution in [1.29, 1.82) is 0 Å². The van der Waals surface area contributed by atoms with Gasteiger partial charge in [-0.2, -0.15) is 0 Å². The van der Waals surface area contributed by atoms with Crippen molar-refractivity contribution in [2.45, 2.75) is 122 Å². The van der Waals surface area contributed by atoms with Gasteiger partial charge in [-0.3, -0.25) is 81.9 Å². The summed E-state index contributed by atoms with van der Waals surface area (Å²) in [5.41, 5.74) is 2.69. The first kappa shape index (κ1) is 93.2. The predicted octanol–water partition coefficient (Wildman–Crippen LogP) is 8.39. The molecule has 31 heteroatoms. The van der Waals surface area contributed by atoms with Crippen molar-refractivity contribution >= 4 is 98.0 Å². The van der Waals surface area contributed by atoms with Crippen LogP contribution in [0.3, 0.4) is 0 Å². The van der Waals surface area contributed by atoms with Crippen LogP contribution in [-0.4, -0.2) is 305 Å². The molecule has 4 aliphatic heterocycles. The number of ether oxygens (including phenoxy) is 10. The summed E-state index contributed by atoms with van der Waals surface area (Å²) in [5.74, 6) is -2.87. The van der Waals surface area contributed by atoms with E-state index in [1.54, 1.807) is 66.7 Å². The highest BCUT2D eigenvalue weighted by atomic mass is 16.6. The number of imide groups is 4. The van der Waals surface area contributed by atoms with E-state index < -0.39 is 47.3 Å². The highest BCUT2D eigenvalue weighted by Gasteiger charge is 2.42. The topological polar surface area (TPSA) is 358 Å². The molecule has 0 fully saturated rings. The number of carbonyl (C=O) groups excluding carboxylic acids is 13. The Morgan fingerprint density at radius 3 is 0.941 bits per heavy atom. The molecule has 9 rings (SSSR count). The van der Waals surface area contributed by atoms with Crippen molar-refractivity contribution < 1.29 is 110 Å². The van der Waals surface area contributed by atoms with E-state index in [0.29, 0.717) is 289 Å². The van der Waals surface area contributed by atoms with Crippen molar-refractivity contribution in [2.24, 2.45) is 0 Å². The lowest BCUT2D eigenvalue weighted by Gasteiger charge is -2.32. The Labute approximate surface area is 694 Å². The second-order valence-corrected chi connectivity index (χ2v) is 30.1. The van der Waals surface area contributed by atoms with Gasteiger partial charge in [-0.25, -0.2) is 0 Å². The van der Waals surface area contributed by atoms with Crippen LogP contribution in [0, 0.1) is 0 Å². The number of benzene rings is 5. The molecule has 2 N–H and O–H groups in total. The number of hydrogen-bond donors (Lipinski definition) is 2. The Morgan fingerprint density at radius 2 is 0.597 bits per heavy atom. The van der Waals surface area contributed by atoms with Gasteiger partial charge in [0.25, 0.3) is 53.2 Å². The molecule has 0 bridgehead atoms. The zero-order valence-corrected chi connectivity index (χ0v) is 69.5. The van der Waals surface area contributed by atoms with Crippen LogP contribution in [0.5, 0.6) is 11.5 Å². The molecule has 0 radical (unpaired) electrons. The molecule has 31 nitrogen and oxygen atoms in total. The van der Waals surface area contributed by atoms with Crippen LogP contribution in [0.1, 0.15) is 216 Å². The zero-order chi connectivity index (χ0) is 85.0. The average molecular weight is 1650 g/mol. The molecule has 0 saturated carbocycles. The molecule has 10 amide bonds. The average Bonchev–Trinajstić information content (AvgIpc) is 0.719. The third-order valence-electron chi connectivity index (χ3n) is 20.6. The Bertz CT molecular complexity index is 3970. The van der Waals surface area contributed by atoms with Crippen LogP contribution in [0.25, 0.3) is 21.5 Å². The Balaban J connectivity index is 0.493. The zero-order valence-electron chi connectivity index (χ0n) is 69.5. The summed E-state index contributed by atoms with van der Waals surface area (Å²) in [6.45, 7) is 10.6. The molecule has 646 valence electrons. The number of carbonyl (C=O) groups is 13. The number of likely N-dealkylation sites (N-methyl/N-ethyl adjacent to an activating group) is 2. The van der Waals surface area contributed by atoms with Crippen LogP contribution >= 0.6 is 0 Å². The molecule has 0 saturated heterocycles. The third-order valence-corrected chi connectivity index (χ3v) is 20.6. The molecule has 0 atom stereocenters. The SMILES string of the molecule is CCNC(=O)c1cc(OCCCCC(=O)CCOCCOCCOCCOCCCC(=O)CCCCCN2C(=O)c3ccc4c5c(ccc(c35)C2=O)C(=O)N(CCN(C)C)C4=O)cc(OCCCCC(=O)CCOCCOCCOCCOCCNC(=O)CCCCCN2C(=O)c3ccc4c5c(ccc(c35)C2=O)C(=O)N(CCN(C)C)C4=O)c1. The fourth-order valence-corrected chi connectivity index (χ4v) is 14.2. The quantitative estimate of drug-likeness (QED) is 0.0272. The van der Waals surface area contributed by atoms with Gasteiger partial charge in [0.05, 0.1) is 112 Å². The molecule has 4 heterocycles. The standard InChI is InChI=1S/C88H116N8O23/c1-6-89-80(101)61-58-65(118-41-15-11-19-63(98)31-43-111-47-51-115-55-54-114-50-46-110-40-17-21-62(97)18-9-7-13-34-93-81(102)67-23-27-71-78-72(28-24-68(76(67)78)82(93)103)86(107)95(85(71)106)38-36-91(2)3)60-66(59-61)119-42-16-12-20-64(99)32-44-112-48-52-116-56-57-117-53-49-113-45-33-90-75(100)22-10-8-14-35-94-83(104)69-25-29-73-79-74(30-26-70(77(69)79)84(94)105)88(109)96(87(73)108)39-37-92(4)5/h23-30,58-60H,6-22,31-57H2,1-5H3,(H,89,101)(H,90,100). The van der Waals surface area contributed by atoms with E-state index >= 15 is 0 Å². The maximum atomic E-state index is 13.6. The Morgan fingerprint density at radius 1 is 0.303 bits per heavy atom. The summed E-state index contributed by atoms with van der Waals surface area (Å²) >= 11 is 0.